The SMILES string of the molecule is C=C1CC(N2CCC(N(C(C)=O)c3ccc(F)cc3)CC2)CCN1C(=O)N(C)C. The second kappa shape index (κ2) is 8.95. The Morgan fingerprint density at radius 1 is 1.07 bits per heavy atom. The van der Waals surface area contributed by atoms with E-state index in [-0.39, 0.29) is 23.8 Å². The number of halogens is 1. The summed E-state index contributed by atoms with van der Waals surface area (Å²) < 4.78 is 13.3. The monoisotopic (exact) mass is 402 g/mol. The highest BCUT2D eigenvalue weighted by atomic mass is 19.1. The molecule has 29 heavy (non-hydrogen) atoms. The third-order valence-corrected chi connectivity index (χ3v) is 5.98. The molecule has 0 bridgehead atoms. The fourth-order valence-corrected chi connectivity index (χ4v) is 4.47. The summed E-state index contributed by atoms with van der Waals surface area (Å²) in [6.07, 6.45) is 3.47. The molecule has 1 aromatic carbocycles. The van der Waals surface area contributed by atoms with Crippen molar-refractivity contribution in [1.82, 2.24) is 14.7 Å². The number of carbonyl (C=O) groups excluding carboxylic acids is 2. The Morgan fingerprint density at radius 2 is 1.69 bits per heavy atom. The second-order valence-corrected chi connectivity index (χ2v) is 8.17. The molecule has 1 unspecified atom stereocenters. The van der Waals surface area contributed by atoms with Crippen LogP contribution in [0, 0.1) is 5.82 Å². The number of hydrogen-bond acceptors (Lipinski definition) is 3. The average Bonchev–Trinajstić information content (AvgIpc) is 2.69. The molecule has 2 fully saturated rings. The van der Waals surface area contributed by atoms with Gasteiger partial charge in [0.1, 0.15) is 5.82 Å². The van der Waals surface area contributed by atoms with E-state index in [0.29, 0.717) is 12.6 Å². The van der Waals surface area contributed by atoms with Crippen LogP contribution >= 0.6 is 0 Å². The summed E-state index contributed by atoms with van der Waals surface area (Å²) in [6, 6.07) is 6.63. The lowest BCUT2D eigenvalue weighted by Crippen LogP contribution is -2.52. The molecule has 3 rings (SSSR count). The molecule has 0 radical (unpaired) electrons. The van der Waals surface area contributed by atoms with Gasteiger partial charge in [-0.05, 0) is 43.5 Å². The summed E-state index contributed by atoms with van der Waals surface area (Å²) in [4.78, 5) is 32.1. The predicted molar refractivity (Wildman–Crippen MR) is 112 cm³/mol. The molecular weight excluding hydrogens is 371 g/mol. The van der Waals surface area contributed by atoms with Gasteiger partial charge in [-0.1, -0.05) is 6.58 Å². The van der Waals surface area contributed by atoms with E-state index in [9.17, 15) is 14.0 Å². The van der Waals surface area contributed by atoms with Crippen molar-refractivity contribution in [3.8, 4) is 0 Å². The summed E-state index contributed by atoms with van der Waals surface area (Å²) >= 11 is 0. The Morgan fingerprint density at radius 3 is 2.21 bits per heavy atom. The van der Waals surface area contributed by atoms with E-state index in [0.717, 1.165) is 50.2 Å². The number of benzene rings is 1. The Kier molecular flexibility index (Phi) is 6.57. The first-order valence-electron chi connectivity index (χ1n) is 10.2. The van der Waals surface area contributed by atoms with Crippen LogP contribution in [0.5, 0.6) is 0 Å². The highest BCUT2D eigenvalue weighted by Gasteiger charge is 2.34. The van der Waals surface area contributed by atoms with Crippen molar-refractivity contribution >= 4 is 17.6 Å². The summed E-state index contributed by atoms with van der Waals surface area (Å²) in [5.41, 5.74) is 1.62. The third-order valence-electron chi connectivity index (χ3n) is 5.98. The highest BCUT2D eigenvalue weighted by molar-refractivity contribution is 5.92. The van der Waals surface area contributed by atoms with Gasteiger partial charge in [0.25, 0.3) is 0 Å². The van der Waals surface area contributed by atoms with Crippen LogP contribution in [0.1, 0.15) is 32.6 Å². The van der Waals surface area contributed by atoms with Crippen molar-refractivity contribution < 1.29 is 14.0 Å². The van der Waals surface area contributed by atoms with E-state index in [1.807, 2.05) is 0 Å². The molecular formula is C22H31FN4O2. The van der Waals surface area contributed by atoms with Crippen LogP contribution in [-0.2, 0) is 4.79 Å². The topological polar surface area (TPSA) is 47.1 Å². The van der Waals surface area contributed by atoms with Gasteiger partial charge in [-0.15, -0.1) is 0 Å². The van der Waals surface area contributed by atoms with Crippen LogP contribution in [0.25, 0.3) is 0 Å². The minimum absolute atomic E-state index is 0.0106. The molecule has 0 spiro atoms. The average molecular weight is 403 g/mol. The number of carbonyl (C=O) groups is 2. The standard InChI is InChI=1S/C22H31FN4O2/c1-16-15-21(11-14-26(16)22(29)24(3)4)25-12-9-20(10-13-25)27(17(2)28)19-7-5-18(23)6-8-19/h5-8,20-21H,1,9-15H2,2-4H3. The first-order chi connectivity index (χ1) is 13.8. The van der Waals surface area contributed by atoms with E-state index < -0.39 is 0 Å². The number of amides is 3. The molecule has 2 aliphatic heterocycles. The first kappa shape index (κ1) is 21.3. The number of rotatable bonds is 3. The Balaban J connectivity index is 1.59. The number of piperidine rings is 2. The van der Waals surface area contributed by atoms with E-state index in [2.05, 4.69) is 11.5 Å². The smallest absolute Gasteiger partial charge is 0.323 e. The maximum atomic E-state index is 13.3. The van der Waals surface area contributed by atoms with Crippen LogP contribution in [0.4, 0.5) is 14.9 Å². The van der Waals surface area contributed by atoms with E-state index in [1.54, 1.807) is 47.9 Å². The normalized spacial score (nSPS) is 21.2. The minimum atomic E-state index is -0.300. The lowest BCUT2D eigenvalue weighted by molar-refractivity contribution is -0.117. The predicted octanol–water partition coefficient (Wildman–Crippen LogP) is 3.30. The van der Waals surface area contributed by atoms with Crippen LogP contribution in [0.2, 0.25) is 0 Å². The lowest BCUT2D eigenvalue weighted by atomic mass is 9.95. The second-order valence-electron chi connectivity index (χ2n) is 8.17. The fourth-order valence-electron chi connectivity index (χ4n) is 4.47. The van der Waals surface area contributed by atoms with Gasteiger partial charge < -0.3 is 9.80 Å². The molecule has 0 aliphatic carbocycles. The minimum Gasteiger partial charge on any atom is -0.330 e. The van der Waals surface area contributed by atoms with Gasteiger partial charge in [0.2, 0.25) is 5.91 Å². The summed E-state index contributed by atoms with van der Waals surface area (Å²) in [6.45, 7) is 8.18. The summed E-state index contributed by atoms with van der Waals surface area (Å²) in [5.74, 6) is -0.315. The molecule has 2 heterocycles. The molecule has 1 atom stereocenters. The van der Waals surface area contributed by atoms with Gasteiger partial charge in [-0.3, -0.25) is 14.6 Å². The summed E-state index contributed by atoms with van der Waals surface area (Å²) in [5, 5.41) is 0. The molecule has 2 aliphatic rings. The van der Waals surface area contributed by atoms with Gasteiger partial charge in [-0.2, -0.15) is 0 Å². The van der Waals surface area contributed by atoms with Crippen molar-refractivity contribution in [3.05, 3.63) is 42.4 Å². The van der Waals surface area contributed by atoms with E-state index in [1.165, 1.54) is 12.1 Å². The lowest BCUT2D eigenvalue weighted by Gasteiger charge is -2.44. The number of urea groups is 1. The Hall–Kier alpha value is -2.41. The number of likely N-dealkylation sites (tertiary alicyclic amines) is 2. The van der Waals surface area contributed by atoms with Crippen molar-refractivity contribution in [3.63, 3.8) is 0 Å². The Labute approximate surface area is 172 Å². The van der Waals surface area contributed by atoms with Crippen molar-refractivity contribution in [2.75, 3.05) is 38.6 Å². The molecule has 0 saturated carbocycles. The zero-order valence-corrected chi connectivity index (χ0v) is 17.6. The first-order valence-corrected chi connectivity index (χ1v) is 10.2. The fraction of sp³-hybridized carbons (Fsp3) is 0.545. The van der Waals surface area contributed by atoms with Crippen LogP contribution in [0.3, 0.4) is 0 Å². The zero-order valence-electron chi connectivity index (χ0n) is 17.6. The van der Waals surface area contributed by atoms with Gasteiger partial charge >= 0.3 is 6.03 Å². The Bertz CT molecular complexity index is 757. The van der Waals surface area contributed by atoms with E-state index in [4.69, 9.17) is 0 Å². The van der Waals surface area contributed by atoms with E-state index >= 15 is 0 Å². The largest absolute Gasteiger partial charge is 0.330 e. The number of hydrogen-bond donors (Lipinski definition) is 0. The molecule has 2 saturated heterocycles. The third kappa shape index (κ3) is 4.78. The molecule has 1 aromatic rings. The van der Waals surface area contributed by atoms with Crippen LogP contribution in [-0.4, -0.2) is 72.5 Å². The van der Waals surface area contributed by atoms with Gasteiger partial charge in [0, 0.05) is 70.5 Å². The highest BCUT2D eigenvalue weighted by Crippen LogP contribution is 2.29. The van der Waals surface area contributed by atoms with Crippen molar-refractivity contribution in [1.29, 1.82) is 0 Å². The quantitative estimate of drug-likeness (QED) is 0.779. The molecule has 3 amide bonds. The summed E-state index contributed by atoms with van der Waals surface area (Å²) in [7, 11) is 3.52. The molecule has 6 nitrogen and oxygen atoms in total. The van der Waals surface area contributed by atoms with Gasteiger partial charge in [-0.25, -0.2) is 9.18 Å². The molecule has 158 valence electrons. The van der Waals surface area contributed by atoms with Gasteiger partial charge in [0.05, 0.1) is 0 Å². The molecule has 7 heteroatoms. The van der Waals surface area contributed by atoms with Crippen molar-refractivity contribution in [2.45, 2.75) is 44.7 Å². The molecule has 0 aromatic heterocycles. The maximum Gasteiger partial charge on any atom is 0.323 e. The van der Waals surface area contributed by atoms with Crippen LogP contribution in [0.15, 0.2) is 36.5 Å². The number of nitrogens with zero attached hydrogens (tertiary/aromatic N) is 4. The number of anilines is 1. The molecule has 0 N–H and O–H groups in total. The maximum absolute atomic E-state index is 13.3. The van der Waals surface area contributed by atoms with Gasteiger partial charge in [0.15, 0.2) is 0 Å². The van der Waals surface area contributed by atoms with Crippen LogP contribution < -0.4 is 4.90 Å². The van der Waals surface area contributed by atoms with Crippen molar-refractivity contribution in [2.24, 2.45) is 0 Å². The zero-order chi connectivity index (χ0) is 21.1.